The molecule has 0 saturated heterocycles. The fraction of sp³-hybridized carbons (Fsp3) is 0.211. The van der Waals surface area contributed by atoms with E-state index >= 15 is 0 Å². The highest BCUT2D eigenvalue weighted by Crippen LogP contribution is 2.28. The summed E-state index contributed by atoms with van der Waals surface area (Å²) in [6, 6.07) is 11.7. The molecule has 7 heteroatoms. The van der Waals surface area contributed by atoms with Gasteiger partial charge in [-0.05, 0) is 41.8 Å². The number of rotatable bonds is 8. The maximum Gasteiger partial charge on any atom is 0.311 e. The number of halogens is 1. The Kier molecular flexibility index (Phi) is 7.17. The molecule has 0 aliphatic heterocycles. The normalized spacial score (nSPS) is 10.7. The summed E-state index contributed by atoms with van der Waals surface area (Å²) in [7, 11) is 0. The van der Waals surface area contributed by atoms with Gasteiger partial charge in [-0.1, -0.05) is 36.7 Å². The zero-order chi connectivity index (χ0) is 18.9. The standard InChI is InChI=1S/C19H19ClN2O4/c1-2-11-26-18-9-5-14(12-17(18)22(24)25)6-10-19(23)21-13-15-3-7-16(20)8-4-15/h3-10,12H,2,11,13H2,1H3,(H,21,23)/b10-6+. The van der Waals surface area contributed by atoms with Crippen molar-refractivity contribution in [3.8, 4) is 5.75 Å². The van der Waals surface area contributed by atoms with Crippen LogP contribution in [0.4, 0.5) is 5.69 Å². The van der Waals surface area contributed by atoms with Gasteiger partial charge in [-0.2, -0.15) is 0 Å². The SMILES string of the molecule is CCCOc1ccc(/C=C/C(=O)NCc2ccc(Cl)cc2)cc1[N+](=O)[O-]. The van der Waals surface area contributed by atoms with Crippen molar-refractivity contribution in [1.82, 2.24) is 5.32 Å². The number of nitrogens with zero attached hydrogens (tertiary/aromatic N) is 1. The second-order valence-electron chi connectivity index (χ2n) is 5.51. The highest BCUT2D eigenvalue weighted by Gasteiger charge is 2.15. The van der Waals surface area contributed by atoms with Crippen molar-refractivity contribution in [3.05, 3.63) is 74.8 Å². The molecule has 1 N–H and O–H groups in total. The van der Waals surface area contributed by atoms with Crippen LogP contribution in [0.15, 0.2) is 48.5 Å². The zero-order valence-corrected chi connectivity index (χ0v) is 15.0. The fourth-order valence-electron chi connectivity index (χ4n) is 2.14. The van der Waals surface area contributed by atoms with Crippen LogP contribution in [0.2, 0.25) is 5.02 Å². The van der Waals surface area contributed by atoms with E-state index in [1.54, 1.807) is 24.3 Å². The van der Waals surface area contributed by atoms with Gasteiger partial charge < -0.3 is 10.1 Å². The summed E-state index contributed by atoms with van der Waals surface area (Å²) >= 11 is 5.81. The van der Waals surface area contributed by atoms with E-state index in [4.69, 9.17) is 16.3 Å². The molecule has 6 nitrogen and oxygen atoms in total. The van der Waals surface area contributed by atoms with Crippen LogP contribution in [0.1, 0.15) is 24.5 Å². The number of ether oxygens (including phenoxy) is 1. The van der Waals surface area contributed by atoms with E-state index in [-0.39, 0.29) is 17.3 Å². The number of nitrogens with one attached hydrogen (secondary N) is 1. The molecule has 0 heterocycles. The summed E-state index contributed by atoms with van der Waals surface area (Å²) in [6.45, 7) is 2.69. The van der Waals surface area contributed by atoms with Crippen molar-refractivity contribution in [3.63, 3.8) is 0 Å². The first-order valence-corrected chi connectivity index (χ1v) is 8.49. The zero-order valence-electron chi connectivity index (χ0n) is 14.3. The number of hydrogen-bond acceptors (Lipinski definition) is 4. The van der Waals surface area contributed by atoms with Crippen molar-refractivity contribution in [2.45, 2.75) is 19.9 Å². The van der Waals surface area contributed by atoms with E-state index in [2.05, 4.69) is 5.32 Å². The molecule has 0 unspecified atom stereocenters. The number of nitro benzene ring substituents is 1. The lowest BCUT2D eigenvalue weighted by Crippen LogP contribution is -2.20. The molecule has 2 aromatic rings. The molecule has 0 aliphatic rings. The summed E-state index contributed by atoms with van der Waals surface area (Å²) in [5, 5.41) is 14.5. The third kappa shape index (κ3) is 5.89. The Morgan fingerprint density at radius 2 is 2.00 bits per heavy atom. The molecule has 0 aliphatic carbocycles. The third-order valence-corrected chi connectivity index (χ3v) is 3.70. The Morgan fingerprint density at radius 1 is 1.27 bits per heavy atom. The van der Waals surface area contributed by atoms with Crippen LogP contribution in [-0.4, -0.2) is 17.4 Å². The lowest BCUT2D eigenvalue weighted by Gasteiger charge is -2.06. The molecular formula is C19H19ClN2O4. The van der Waals surface area contributed by atoms with Crippen LogP contribution >= 0.6 is 11.6 Å². The number of carbonyl (C=O) groups is 1. The van der Waals surface area contributed by atoms with Gasteiger partial charge in [0.15, 0.2) is 5.75 Å². The van der Waals surface area contributed by atoms with E-state index < -0.39 is 4.92 Å². The molecule has 2 rings (SSSR count). The molecule has 0 radical (unpaired) electrons. The summed E-state index contributed by atoms with van der Waals surface area (Å²) < 4.78 is 5.37. The Morgan fingerprint density at radius 3 is 2.65 bits per heavy atom. The summed E-state index contributed by atoms with van der Waals surface area (Å²) in [6.07, 6.45) is 3.61. The van der Waals surface area contributed by atoms with Gasteiger partial charge in [0.1, 0.15) is 0 Å². The van der Waals surface area contributed by atoms with Crippen LogP contribution in [-0.2, 0) is 11.3 Å². The van der Waals surface area contributed by atoms with Crippen LogP contribution in [0.25, 0.3) is 6.08 Å². The van der Waals surface area contributed by atoms with Gasteiger partial charge in [-0.3, -0.25) is 14.9 Å². The Labute approximate surface area is 156 Å². The third-order valence-electron chi connectivity index (χ3n) is 3.45. The predicted molar refractivity (Wildman–Crippen MR) is 101 cm³/mol. The minimum Gasteiger partial charge on any atom is -0.487 e. The molecule has 0 bridgehead atoms. The minimum atomic E-state index is -0.497. The van der Waals surface area contributed by atoms with E-state index in [0.717, 1.165) is 12.0 Å². The lowest BCUT2D eigenvalue weighted by atomic mass is 10.1. The predicted octanol–water partition coefficient (Wildman–Crippen LogP) is 4.37. The molecule has 1 amide bonds. The van der Waals surface area contributed by atoms with Crippen molar-refractivity contribution >= 4 is 29.3 Å². The molecule has 26 heavy (non-hydrogen) atoms. The highest BCUT2D eigenvalue weighted by molar-refractivity contribution is 6.30. The average molecular weight is 375 g/mol. The molecule has 0 aromatic heterocycles. The summed E-state index contributed by atoms with van der Waals surface area (Å²) in [5.74, 6) is -0.0740. The molecule has 2 aromatic carbocycles. The first kappa shape index (κ1) is 19.5. The van der Waals surface area contributed by atoms with Crippen molar-refractivity contribution < 1.29 is 14.5 Å². The van der Waals surface area contributed by atoms with Crippen LogP contribution < -0.4 is 10.1 Å². The van der Waals surface area contributed by atoms with Crippen LogP contribution in [0.3, 0.4) is 0 Å². The largest absolute Gasteiger partial charge is 0.487 e. The van der Waals surface area contributed by atoms with E-state index in [0.29, 0.717) is 23.7 Å². The Bertz CT molecular complexity index is 804. The molecule has 0 fully saturated rings. The van der Waals surface area contributed by atoms with Gasteiger partial charge in [0, 0.05) is 23.7 Å². The fourth-order valence-corrected chi connectivity index (χ4v) is 2.26. The first-order chi connectivity index (χ1) is 12.5. The first-order valence-electron chi connectivity index (χ1n) is 8.11. The average Bonchev–Trinajstić information content (AvgIpc) is 2.64. The molecule has 0 spiro atoms. The van der Waals surface area contributed by atoms with Gasteiger partial charge in [-0.25, -0.2) is 0 Å². The van der Waals surface area contributed by atoms with Gasteiger partial charge in [0.05, 0.1) is 11.5 Å². The van der Waals surface area contributed by atoms with Crippen molar-refractivity contribution in [2.24, 2.45) is 0 Å². The van der Waals surface area contributed by atoms with Crippen LogP contribution in [0, 0.1) is 10.1 Å². The van der Waals surface area contributed by atoms with E-state index in [1.807, 2.05) is 19.1 Å². The second-order valence-corrected chi connectivity index (χ2v) is 5.95. The number of benzene rings is 2. The number of amides is 1. The highest BCUT2D eigenvalue weighted by atomic mass is 35.5. The Hall–Kier alpha value is -2.86. The van der Waals surface area contributed by atoms with E-state index in [9.17, 15) is 14.9 Å². The smallest absolute Gasteiger partial charge is 0.311 e. The second kappa shape index (κ2) is 9.58. The molecule has 0 atom stereocenters. The molecule has 0 saturated carbocycles. The summed E-state index contributed by atoms with van der Waals surface area (Å²) in [5.41, 5.74) is 1.34. The monoisotopic (exact) mass is 374 g/mol. The number of carbonyl (C=O) groups excluding carboxylic acids is 1. The number of nitro groups is 1. The van der Waals surface area contributed by atoms with Gasteiger partial charge in [0.25, 0.3) is 0 Å². The number of hydrogen-bond donors (Lipinski definition) is 1. The minimum absolute atomic E-state index is 0.123. The van der Waals surface area contributed by atoms with Crippen molar-refractivity contribution in [1.29, 1.82) is 0 Å². The van der Waals surface area contributed by atoms with Crippen molar-refractivity contribution in [2.75, 3.05) is 6.61 Å². The van der Waals surface area contributed by atoms with Crippen LogP contribution in [0.5, 0.6) is 5.75 Å². The topological polar surface area (TPSA) is 81.5 Å². The molecule has 136 valence electrons. The van der Waals surface area contributed by atoms with Gasteiger partial charge in [0.2, 0.25) is 5.91 Å². The Balaban J connectivity index is 1.99. The maximum absolute atomic E-state index is 11.9. The quantitative estimate of drug-likeness (QED) is 0.422. The lowest BCUT2D eigenvalue weighted by molar-refractivity contribution is -0.385. The van der Waals surface area contributed by atoms with Gasteiger partial charge in [-0.15, -0.1) is 0 Å². The maximum atomic E-state index is 11.9. The summed E-state index contributed by atoms with van der Waals surface area (Å²) in [4.78, 5) is 22.6. The van der Waals surface area contributed by atoms with Gasteiger partial charge >= 0.3 is 5.69 Å². The van der Waals surface area contributed by atoms with E-state index in [1.165, 1.54) is 18.2 Å². The molecular weight excluding hydrogens is 356 g/mol.